The zero-order chi connectivity index (χ0) is 14.8. The standard InChI is InChI=1S/C15H27N3O2/c1-3-5-6-7-8-9-10-11-18-12-13(16)14(17-18)15(19)20-4-2/h12H,3-11,16H2,1-2H3. The number of nitrogens with two attached hydrogens (primary N) is 1. The molecule has 0 fully saturated rings. The number of nitrogen functional groups attached to an aromatic ring is 1. The number of esters is 1. The normalized spacial score (nSPS) is 10.7. The van der Waals surface area contributed by atoms with Crippen LogP contribution in [0.25, 0.3) is 0 Å². The van der Waals surface area contributed by atoms with Crippen LogP contribution in [-0.4, -0.2) is 22.4 Å². The third-order valence-electron chi connectivity index (χ3n) is 3.25. The maximum Gasteiger partial charge on any atom is 0.361 e. The van der Waals surface area contributed by atoms with E-state index in [9.17, 15) is 4.79 Å². The highest BCUT2D eigenvalue weighted by Crippen LogP contribution is 2.12. The van der Waals surface area contributed by atoms with E-state index >= 15 is 0 Å². The van der Waals surface area contributed by atoms with Crippen molar-refractivity contribution in [2.24, 2.45) is 0 Å². The molecule has 1 heterocycles. The molecule has 0 bridgehead atoms. The molecule has 0 radical (unpaired) electrons. The minimum atomic E-state index is -0.441. The van der Waals surface area contributed by atoms with Gasteiger partial charge in [0.25, 0.3) is 0 Å². The highest BCUT2D eigenvalue weighted by atomic mass is 16.5. The summed E-state index contributed by atoms with van der Waals surface area (Å²) in [5, 5.41) is 4.19. The highest BCUT2D eigenvalue weighted by molar-refractivity contribution is 5.92. The van der Waals surface area contributed by atoms with Gasteiger partial charge in [-0.25, -0.2) is 4.79 Å². The molecular formula is C15H27N3O2. The Morgan fingerprint density at radius 2 is 1.85 bits per heavy atom. The summed E-state index contributed by atoms with van der Waals surface area (Å²) in [4.78, 5) is 11.6. The third kappa shape index (κ3) is 5.63. The van der Waals surface area contributed by atoms with Gasteiger partial charge in [0.05, 0.1) is 12.3 Å². The van der Waals surface area contributed by atoms with Crippen LogP contribution in [0.15, 0.2) is 6.20 Å². The Balaban J connectivity index is 2.27. The van der Waals surface area contributed by atoms with Crippen molar-refractivity contribution in [2.45, 2.75) is 65.3 Å². The lowest BCUT2D eigenvalue weighted by atomic mass is 10.1. The molecule has 0 spiro atoms. The van der Waals surface area contributed by atoms with Gasteiger partial charge in [-0.1, -0.05) is 45.4 Å². The van der Waals surface area contributed by atoms with E-state index in [4.69, 9.17) is 10.5 Å². The Hall–Kier alpha value is -1.52. The van der Waals surface area contributed by atoms with Crippen molar-refractivity contribution in [1.29, 1.82) is 0 Å². The minimum absolute atomic E-state index is 0.231. The minimum Gasteiger partial charge on any atom is -0.461 e. The van der Waals surface area contributed by atoms with E-state index in [1.165, 1.54) is 38.5 Å². The number of hydrogen-bond donors (Lipinski definition) is 1. The van der Waals surface area contributed by atoms with Crippen LogP contribution in [0.2, 0.25) is 0 Å². The van der Waals surface area contributed by atoms with Crippen LogP contribution in [0.3, 0.4) is 0 Å². The lowest BCUT2D eigenvalue weighted by molar-refractivity contribution is 0.0519. The van der Waals surface area contributed by atoms with Gasteiger partial charge in [0.1, 0.15) is 0 Å². The first-order chi connectivity index (χ1) is 9.69. The van der Waals surface area contributed by atoms with Gasteiger partial charge in [-0.3, -0.25) is 4.68 Å². The smallest absolute Gasteiger partial charge is 0.361 e. The molecule has 20 heavy (non-hydrogen) atoms. The summed E-state index contributed by atoms with van der Waals surface area (Å²) in [6.07, 6.45) is 10.5. The van der Waals surface area contributed by atoms with Gasteiger partial charge >= 0.3 is 5.97 Å². The summed E-state index contributed by atoms with van der Waals surface area (Å²) in [5.41, 5.74) is 6.40. The maximum absolute atomic E-state index is 11.6. The highest BCUT2D eigenvalue weighted by Gasteiger charge is 2.15. The van der Waals surface area contributed by atoms with E-state index in [1.807, 2.05) is 0 Å². The van der Waals surface area contributed by atoms with E-state index in [1.54, 1.807) is 17.8 Å². The van der Waals surface area contributed by atoms with E-state index in [0.29, 0.717) is 12.3 Å². The quantitative estimate of drug-likeness (QED) is 0.527. The fourth-order valence-electron chi connectivity index (χ4n) is 2.14. The van der Waals surface area contributed by atoms with Gasteiger partial charge < -0.3 is 10.5 Å². The Morgan fingerprint density at radius 1 is 1.20 bits per heavy atom. The van der Waals surface area contributed by atoms with Crippen molar-refractivity contribution in [3.8, 4) is 0 Å². The third-order valence-corrected chi connectivity index (χ3v) is 3.25. The second-order valence-corrected chi connectivity index (χ2v) is 5.04. The number of nitrogens with zero attached hydrogens (tertiary/aromatic N) is 2. The number of carbonyl (C=O) groups excluding carboxylic acids is 1. The van der Waals surface area contributed by atoms with Crippen molar-refractivity contribution in [1.82, 2.24) is 9.78 Å². The number of aromatic nitrogens is 2. The number of aryl methyl sites for hydroxylation is 1. The molecule has 0 aliphatic carbocycles. The van der Waals surface area contributed by atoms with Crippen molar-refractivity contribution < 1.29 is 9.53 Å². The average molecular weight is 281 g/mol. The van der Waals surface area contributed by atoms with Crippen LogP contribution in [-0.2, 0) is 11.3 Å². The van der Waals surface area contributed by atoms with Crippen LogP contribution in [0.5, 0.6) is 0 Å². The van der Waals surface area contributed by atoms with Crippen LogP contribution < -0.4 is 5.73 Å². The Bertz CT molecular complexity index is 402. The summed E-state index contributed by atoms with van der Waals surface area (Å²) < 4.78 is 6.65. The van der Waals surface area contributed by atoms with Crippen LogP contribution in [0, 0.1) is 0 Å². The van der Waals surface area contributed by atoms with Gasteiger partial charge in [-0.05, 0) is 13.3 Å². The molecule has 0 saturated carbocycles. The summed E-state index contributed by atoms with van der Waals surface area (Å²) in [7, 11) is 0. The van der Waals surface area contributed by atoms with Gasteiger partial charge in [0, 0.05) is 12.7 Å². The van der Waals surface area contributed by atoms with E-state index in [0.717, 1.165) is 13.0 Å². The van der Waals surface area contributed by atoms with Crippen LogP contribution >= 0.6 is 0 Å². The van der Waals surface area contributed by atoms with E-state index in [-0.39, 0.29) is 5.69 Å². The molecule has 2 N–H and O–H groups in total. The predicted molar refractivity (Wildman–Crippen MR) is 80.6 cm³/mol. The zero-order valence-electron chi connectivity index (χ0n) is 12.7. The van der Waals surface area contributed by atoms with Crippen molar-refractivity contribution in [3.05, 3.63) is 11.9 Å². The molecule has 0 aliphatic rings. The fourth-order valence-corrected chi connectivity index (χ4v) is 2.14. The number of hydrogen-bond acceptors (Lipinski definition) is 4. The Labute approximate surface area is 121 Å². The van der Waals surface area contributed by atoms with Crippen molar-refractivity contribution in [2.75, 3.05) is 12.3 Å². The Morgan fingerprint density at radius 3 is 2.50 bits per heavy atom. The number of carbonyl (C=O) groups is 1. The lowest BCUT2D eigenvalue weighted by Crippen LogP contribution is -2.09. The van der Waals surface area contributed by atoms with Gasteiger partial charge in [0.2, 0.25) is 0 Å². The second kappa shape index (κ2) is 9.39. The van der Waals surface area contributed by atoms with Crippen LogP contribution in [0.1, 0.15) is 69.3 Å². The molecule has 5 heteroatoms. The summed E-state index contributed by atoms with van der Waals surface area (Å²) in [6.45, 7) is 5.13. The maximum atomic E-state index is 11.6. The monoisotopic (exact) mass is 281 g/mol. The van der Waals surface area contributed by atoms with Crippen molar-refractivity contribution in [3.63, 3.8) is 0 Å². The first kappa shape index (κ1) is 16.5. The summed E-state index contributed by atoms with van der Waals surface area (Å²) in [6, 6.07) is 0. The van der Waals surface area contributed by atoms with Crippen molar-refractivity contribution >= 4 is 11.7 Å². The molecule has 1 rings (SSSR count). The molecule has 5 nitrogen and oxygen atoms in total. The van der Waals surface area contributed by atoms with E-state index < -0.39 is 5.97 Å². The van der Waals surface area contributed by atoms with Gasteiger partial charge in [-0.15, -0.1) is 0 Å². The molecular weight excluding hydrogens is 254 g/mol. The molecule has 0 unspecified atom stereocenters. The Kier molecular flexibility index (Phi) is 7.77. The number of rotatable bonds is 10. The predicted octanol–water partition coefficient (Wildman–Crippen LogP) is 3.39. The number of ether oxygens (including phenoxy) is 1. The lowest BCUT2D eigenvalue weighted by Gasteiger charge is -2.02. The SMILES string of the molecule is CCCCCCCCCn1cc(N)c(C(=O)OCC)n1. The average Bonchev–Trinajstić information content (AvgIpc) is 2.79. The molecule has 0 atom stereocenters. The first-order valence-corrected chi connectivity index (χ1v) is 7.69. The van der Waals surface area contributed by atoms with Crippen LogP contribution in [0.4, 0.5) is 5.69 Å². The number of anilines is 1. The molecule has 0 saturated heterocycles. The molecule has 114 valence electrons. The first-order valence-electron chi connectivity index (χ1n) is 7.69. The topological polar surface area (TPSA) is 70.1 Å². The molecule has 0 aliphatic heterocycles. The molecule has 0 amide bonds. The van der Waals surface area contributed by atoms with E-state index in [2.05, 4.69) is 12.0 Å². The number of unbranched alkanes of at least 4 members (excludes halogenated alkanes) is 6. The fraction of sp³-hybridized carbons (Fsp3) is 0.733. The largest absolute Gasteiger partial charge is 0.461 e. The summed E-state index contributed by atoms with van der Waals surface area (Å²) >= 11 is 0. The molecule has 1 aromatic rings. The van der Waals surface area contributed by atoms with Gasteiger partial charge in [-0.2, -0.15) is 5.10 Å². The van der Waals surface area contributed by atoms with Gasteiger partial charge in [0.15, 0.2) is 5.69 Å². The molecule has 0 aromatic carbocycles. The zero-order valence-corrected chi connectivity index (χ0v) is 12.7. The second-order valence-electron chi connectivity index (χ2n) is 5.04. The molecule has 1 aromatic heterocycles. The summed E-state index contributed by atoms with van der Waals surface area (Å²) in [5.74, 6) is -0.441.